The summed E-state index contributed by atoms with van der Waals surface area (Å²) in [4.78, 5) is 0. The van der Waals surface area contributed by atoms with E-state index in [-0.39, 0.29) is 0 Å². The molecule has 0 fully saturated rings. The van der Waals surface area contributed by atoms with E-state index in [2.05, 4.69) is 16.7 Å². The van der Waals surface area contributed by atoms with E-state index in [4.69, 9.17) is 26.4 Å². The van der Waals surface area contributed by atoms with E-state index in [0.717, 1.165) is 47.8 Å². The lowest BCUT2D eigenvalue weighted by atomic mass is 10.1. The van der Waals surface area contributed by atoms with E-state index >= 15 is 0 Å². The third kappa shape index (κ3) is 5.81. The van der Waals surface area contributed by atoms with Crippen LogP contribution in [0.4, 0.5) is 0 Å². The van der Waals surface area contributed by atoms with Crippen molar-refractivity contribution in [2.75, 3.05) is 34.4 Å². The Labute approximate surface area is 160 Å². The lowest BCUT2D eigenvalue weighted by Gasteiger charge is -2.13. The van der Waals surface area contributed by atoms with Crippen molar-refractivity contribution >= 4 is 17.3 Å². The van der Waals surface area contributed by atoms with Crippen molar-refractivity contribution in [1.29, 1.82) is 0 Å². The summed E-state index contributed by atoms with van der Waals surface area (Å²) >= 11 is 5.35. The summed E-state index contributed by atoms with van der Waals surface area (Å²) in [7, 11) is 5.01. The van der Waals surface area contributed by atoms with Gasteiger partial charge in [-0.15, -0.1) is 0 Å². The zero-order valence-corrected chi connectivity index (χ0v) is 16.3. The highest BCUT2D eigenvalue weighted by atomic mass is 32.1. The molecule has 2 aromatic carbocycles. The molecule has 0 spiro atoms. The van der Waals surface area contributed by atoms with E-state index in [1.54, 1.807) is 21.3 Å². The van der Waals surface area contributed by atoms with Gasteiger partial charge in [-0.1, -0.05) is 18.2 Å². The molecule has 0 amide bonds. The van der Waals surface area contributed by atoms with Crippen molar-refractivity contribution in [3.8, 4) is 17.2 Å². The third-order valence-electron chi connectivity index (χ3n) is 4.04. The molecule has 0 radical (unpaired) electrons. The molecule has 2 N–H and O–H groups in total. The minimum Gasteiger partial charge on any atom is -0.497 e. The van der Waals surface area contributed by atoms with Crippen LogP contribution in [0.5, 0.6) is 17.2 Å². The second-order valence-electron chi connectivity index (χ2n) is 5.67. The van der Waals surface area contributed by atoms with Gasteiger partial charge in [-0.3, -0.25) is 0 Å². The topological polar surface area (TPSA) is 51.8 Å². The molecule has 0 aliphatic heterocycles. The van der Waals surface area contributed by atoms with Gasteiger partial charge in [-0.25, -0.2) is 0 Å². The Balaban J connectivity index is 1.75. The fourth-order valence-corrected chi connectivity index (χ4v) is 2.87. The smallest absolute Gasteiger partial charge is 0.166 e. The van der Waals surface area contributed by atoms with Crippen molar-refractivity contribution < 1.29 is 14.2 Å². The molecule has 6 heteroatoms. The van der Waals surface area contributed by atoms with Crippen molar-refractivity contribution in [3.63, 3.8) is 0 Å². The number of methoxy groups -OCH3 is 3. The van der Waals surface area contributed by atoms with Crippen molar-refractivity contribution in [2.45, 2.75) is 12.8 Å². The summed E-state index contributed by atoms with van der Waals surface area (Å²) < 4.78 is 16.0. The lowest BCUT2D eigenvalue weighted by Crippen LogP contribution is -2.37. The molecule has 0 heterocycles. The number of nitrogens with one attached hydrogen (secondary N) is 2. The van der Waals surface area contributed by atoms with E-state index < -0.39 is 0 Å². The van der Waals surface area contributed by atoms with Gasteiger partial charge >= 0.3 is 0 Å². The molecule has 5 nitrogen and oxygen atoms in total. The van der Waals surface area contributed by atoms with Gasteiger partial charge in [-0.2, -0.15) is 0 Å². The van der Waals surface area contributed by atoms with Gasteiger partial charge in [0.2, 0.25) is 0 Å². The Bertz CT molecular complexity index is 722. The SMILES string of the molecule is COc1ccc(OC)c(CCNC(=S)NCCc2ccccc2OC)c1. The molecule has 2 rings (SSSR count). The summed E-state index contributed by atoms with van der Waals surface area (Å²) in [6.07, 6.45) is 1.63. The van der Waals surface area contributed by atoms with Crippen molar-refractivity contribution in [1.82, 2.24) is 10.6 Å². The van der Waals surface area contributed by atoms with Crippen LogP contribution < -0.4 is 24.8 Å². The molecule has 140 valence electrons. The fraction of sp³-hybridized carbons (Fsp3) is 0.350. The van der Waals surface area contributed by atoms with Gasteiger partial charge in [-0.05, 0) is 60.5 Å². The van der Waals surface area contributed by atoms with Gasteiger partial charge < -0.3 is 24.8 Å². The fourth-order valence-electron chi connectivity index (χ4n) is 2.67. The standard InChI is InChI=1S/C20H26N2O3S/c1-23-17-8-9-19(25-3)16(14-17)11-13-22-20(26)21-12-10-15-6-4-5-7-18(15)24-2/h4-9,14H,10-13H2,1-3H3,(H2,21,22,26). The first-order valence-corrected chi connectivity index (χ1v) is 8.93. The van der Waals surface area contributed by atoms with E-state index in [1.807, 2.05) is 36.4 Å². The monoisotopic (exact) mass is 374 g/mol. The number of thiocarbonyl (C=S) groups is 1. The van der Waals surface area contributed by atoms with Crippen LogP contribution in [-0.2, 0) is 12.8 Å². The molecule has 0 aromatic heterocycles. The molecular formula is C20H26N2O3S. The zero-order chi connectivity index (χ0) is 18.8. The average molecular weight is 375 g/mol. The molecule has 0 atom stereocenters. The van der Waals surface area contributed by atoms with Crippen LogP contribution in [0.15, 0.2) is 42.5 Å². The molecule has 0 saturated carbocycles. The Morgan fingerprint density at radius 3 is 2.08 bits per heavy atom. The van der Waals surface area contributed by atoms with E-state index in [9.17, 15) is 0 Å². The predicted molar refractivity (Wildman–Crippen MR) is 109 cm³/mol. The minimum atomic E-state index is 0.641. The van der Waals surface area contributed by atoms with Crippen LogP contribution in [0.3, 0.4) is 0 Å². The number of para-hydroxylation sites is 1. The normalized spacial score (nSPS) is 10.1. The molecule has 0 aliphatic carbocycles. The summed E-state index contributed by atoms with van der Waals surface area (Å²) in [5.41, 5.74) is 2.24. The molecule has 0 unspecified atom stereocenters. The lowest BCUT2D eigenvalue weighted by molar-refractivity contribution is 0.398. The third-order valence-corrected chi connectivity index (χ3v) is 4.33. The van der Waals surface area contributed by atoms with Crippen LogP contribution in [-0.4, -0.2) is 39.5 Å². The highest BCUT2D eigenvalue weighted by Gasteiger charge is 2.06. The molecule has 0 bridgehead atoms. The molecular weight excluding hydrogens is 348 g/mol. The van der Waals surface area contributed by atoms with Gasteiger partial charge in [0.15, 0.2) is 5.11 Å². The van der Waals surface area contributed by atoms with Crippen LogP contribution in [0.1, 0.15) is 11.1 Å². The van der Waals surface area contributed by atoms with Gasteiger partial charge in [0, 0.05) is 13.1 Å². The second-order valence-corrected chi connectivity index (χ2v) is 6.08. The van der Waals surface area contributed by atoms with Gasteiger partial charge in [0.25, 0.3) is 0 Å². The Morgan fingerprint density at radius 2 is 1.42 bits per heavy atom. The van der Waals surface area contributed by atoms with Crippen LogP contribution >= 0.6 is 12.2 Å². The van der Waals surface area contributed by atoms with Crippen molar-refractivity contribution in [2.24, 2.45) is 0 Å². The van der Waals surface area contributed by atoms with E-state index in [0.29, 0.717) is 11.7 Å². The van der Waals surface area contributed by atoms with Crippen LogP contribution in [0, 0.1) is 0 Å². The van der Waals surface area contributed by atoms with Crippen molar-refractivity contribution in [3.05, 3.63) is 53.6 Å². The molecule has 0 aliphatic rings. The second kappa shape index (κ2) is 10.5. The number of hydrogen-bond acceptors (Lipinski definition) is 4. The Hall–Kier alpha value is -2.47. The summed E-state index contributed by atoms with van der Waals surface area (Å²) in [6, 6.07) is 13.8. The Morgan fingerprint density at radius 1 is 0.808 bits per heavy atom. The van der Waals surface area contributed by atoms with Crippen LogP contribution in [0.25, 0.3) is 0 Å². The van der Waals surface area contributed by atoms with Crippen LogP contribution in [0.2, 0.25) is 0 Å². The number of rotatable bonds is 9. The highest BCUT2D eigenvalue weighted by molar-refractivity contribution is 7.80. The van der Waals surface area contributed by atoms with E-state index in [1.165, 1.54) is 0 Å². The predicted octanol–water partition coefficient (Wildman–Crippen LogP) is 2.96. The average Bonchev–Trinajstić information content (AvgIpc) is 2.68. The summed E-state index contributed by atoms with van der Waals surface area (Å²) in [5, 5.41) is 7.10. The quantitative estimate of drug-likeness (QED) is 0.658. The molecule has 0 saturated heterocycles. The first kappa shape index (κ1) is 19.8. The van der Waals surface area contributed by atoms with Gasteiger partial charge in [0.1, 0.15) is 17.2 Å². The molecule has 26 heavy (non-hydrogen) atoms. The number of ether oxygens (including phenoxy) is 3. The minimum absolute atomic E-state index is 0.641. The maximum Gasteiger partial charge on any atom is 0.166 e. The number of hydrogen-bond donors (Lipinski definition) is 2. The summed E-state index contributed by atoms with van der Waals surface area (Å²) in [5.74, 6) is 2.57. The first-order valence-electron chi connectivity index (χ1n) is 8.52. The summed E-state index contributed by atoms with van der Waals surface area (Å²) in [6.45, 7) is 1.46. The zero-order valence-electron chi connectivity index (χ0n) is 15.5. The largest absolute Gasteiger partial charge is 0.497 e. The Kier molecular flexibility index (Phi) is 8.02. The highest BCUT2D eigenvalue weighted by Crippen LogP contribution is 2.24. The maximum atomic E-state index is 5.39. The first-order chi connectivity index (χ1) is 12.7. The van der Waals surface area contributed by atoms with Gasteiger partial charge in [0.05, 0.1) is 21.3 Å². The number of benzene rings is 2. The maximum absolute atomic E-state index is 5.39. The molecule has 2 aromatic rings.